The molecule has 0 radical (unpaired) electrons. The Morgan fingerprint density at radius 2 is 1.60 bits per heavy atom. The van der Waals surface area contributed by atoms with E-state index in [4.69, 9.17) is 14.2 Å². The first-order valence-corrected chi connectivity index (χ1v) is 8.10. The lowest BCUT2D eigenvalue weighted by Crippen LogP contribution is -2.45. The van der Waals surface area contributed by atoms with Gasteiger partial charge in [-0.05, 0) is 18.9 Å². The predicted molar refractivity (Wildman–Crippen MR) is 107 cm³/mol. The third kappa shape index (κ3) is 5.96. The highest BCUT2D eigenvalue weighted by atomic mass is 35.5. The molecule has 25 heavy (non-hydrogen) atoms. The van der Waals surface area contributed by atoms with Gasteiger partial charge in [0.2, 0.25) is 0 Å². The minimum absolute atomic E-state index is 0. The molecule has 0 aliphatic carbocycles. The highest BCUT2D eigenvalue weighted by Crippen LogP contribution is 2.40. The van der Waals surface area contributed by atoms with Gasteiger partial charge in [0.15, 0.2) is 11.5 Å². The number of nitrogens with one attached hydrogen (secondary N) is 1. The van der Waals surface area contributed by atoms with E-state index in [1.54, 1.807) is 21.3 Å². The molecular formula is C18H30Cl2N2O3. The van der Waals surface area contributed by atoms with Crippen molar-refractivity contribution in [2.75, 3.05) is 47.5 Å². The Kier molecular flexibility index (Phi) is 11.7. The van der Waals surface area contributed by atoms with Crippen LogP contribution in [-0.2, 0) is 0 Å². The summed E-state index contributed by atoms with van der Waals surface area (Å²) in [5.41, 5.74) is 1.15. The fraction of sp³-hybridized carbons (Fsp3) is 0.556. The van der Waals surface area contributed by atoms with Crippen molar-refractivity contribution in [2.24, 2.45) is 0 Å². The summed E-state index contributed by atoms with van der Waals surface area (Å²) < 4.78 is 16.5. The third-order valence-electron chi connectivity index (χ3n) is 4.33. The SMILES string of the molecule is C=CCC[C@H](c1cc(OC)c(OC)cc1OC)N1CCNCC1.Cl.Cl. The fourth-order valence-electron chi connectivity index (χ4n) is 3.12. The molecule has 5 nitrogen and oxygen atoms in total. The van der Waals surface area contributed by atoms with Crippen molar-refractivity contribution in [1.29, 1.82) is 0 Å². The van der Waals surface area contributed by atoms with Gasteiger partial charge in [0.05, 0.1) is 21.3 Å². The summed E-state index contributed by atoms with van der Waals surface area (Å²) in [5, 5.41) is 3.41. The van der Waals surface area contributed by atoms with Crippen LogP contribution in [0.15, 0.2) is 24.8 Å². The summed E-state index contributed by atoms with van der Waals surface area (Å²) in [4.78, 5) is 2.50. The van der Waals surface area contributed by atoms with Gasteiger partial charge in [-0.15, -0.1) is 31.4 Å². The summed E-state index contributed by atoms with van der Waals surface area (Å²) in [5.74, 6) is 2.27. The summed E-state index contributed by atoms with van der Waals surface area (Å²) in [6, 6.07) is 4.25. The topological polar surface area (TPSA) is 43.0 Å². The lowest BCUT2D eigenvalue weighted by atomic mass is 9.97. The molecule has 0 spiro atoms. The number of ether oxygens (including phenoxy) is 3. The van der Waals surface area contributed by atoms with Gasteiger partial charge < -0.3 is 19.5 Å². The number of benzene rings is 1. The van der Waals surface area contributed by atoms with Crippen LogP contribution in [0.4, 0.5) is 0 Å². The molecule has 1 aliphatic heterocycles. The van der Waals surface area contributed by atoms with E-state index in [0.717, 1.165) is 56.1 Å². The van der Waals surface area contributed by atoms with Crippen molar-refractivity contribution in [3.63, 3.8) is 0 Å². The van der Waals surface area contributed by atoms with E-state index in [1.165, 1.54) is 0 Å². The summed E-state index contributed by atoms with van der Waals surface area (Å²) >= 11 is 0. The van der Waals surface area contributed by atoms with Gasteiger partial charge in [-0.1, -0.05) is 6.08 Å². The van der Waals surface area contributed by atoms with Crippen molar-refractivity contribution >= 4 is 24.8 Å². The minimum Gasteiger partial charge on any atom is -0.496 e. The summed E-state index contributed by atoms with van der Waals surface area (Å²) in [7, 11) is 5.01. The van der Waals surface area contributed by atoms with Crippen LogP contribution in [0.5, 0.6) is 17.2 Å². The Labute approximate surface area is 163 Å². The Morgan fingerprint density at radius 1 is 1.04 bits per heavy atom. The second-order valence-electron chi connectivity index (χ2n) is 5.62. The minimum atomic E-state index is 0. The molecule has 1 atom stereocenters. The van der Waals surface area contributed by atoms with E-state index in [-0.39, 0.29) is 30.9 Å². The predicted octanol–water partition coefficient (Wildman–Crippen LogP) is 3.47. The van der Waals surface area contributed by atoms with Crippen molar-refractivity contribution in [2.45, 2.75) is 18.9 Å². The van der Waals surface area contributed by atoms with E-state index >= 15 is 0 Å². The summed E-state index contributed by atoms with van der Waals surface area (Å²) in [6.07, 6.45) is 3.95. The maximum absolute atomic E-state index is 5.64. The number of rotatable bonds is 8. The molecule has 1 aromatic carbocycles. The van der Waals surface area contributed by atoms with Gasteiger partial charge in [0.1, 0.15) is 5.75 Å². The second kappa shape index (κ2) is 12.3. The molecule has 2 rings (SSSR count). The van der Waals surface area contributed by atoms with E-state index in [1.807, 2.05) is 18.2 Å². The molecule has 0 amide bonds. The van der Waals surface area contributed by atoms with E-state index < -0.39 is 0 Å². The van der Waals surface area contributed by atoms with Crippen LogP contribution < -0.4 is 19.5 Å². The van der Waals surface area contributed by atoms with Crippen LogP contribution in [0.3, 0.4) is 0 Å². The maximum Gasteiger partial charge on any atom is 0.164 e. The zero-order chi connectivity index (χ0) is 16.7. The summed E-state index contributed by atoms with van der Waals surface area (Å²) in [6.45, 7) is 7.95. The molecule has 7 heteroatoms. The number of piperazine rings is 1. The molecule has 0 saturated carbocycles. The lowest BCUT2D eigenvalue weighted by molar-refractivity contribution is 0.163. The first-order chi connectivity index (χ1) is 11.2. The molecule has 0 aromatic heterocycles. The largest absolute Gasteiger partial charge is 0.496 e. The number of methoxy groups -OCH3 is 3. The molecule has 144 valence electrons. The number of halogens is 2. The van der Waals surface area contributed by atoms with E-state index in [2.05, 4.69) is 16.8 Å². The molecule has 0 bridgehead atoms. The average molecular weight is 393 g/mol. The fourth-order valence-corrected chi connectivity index (χ4v) is 3.12. The molecule has 1 aromatic rings. The standard InChI is InChI=1S/C18H28N2O3.2ClH/c1-5-6-7-15(20-10-8-19-9-11-20)14-12-17(22-3)18(23-4)13-16(14)21-2;;/h5,12-13,15,19H,1,6-11H2,2-4H3;2*1H/t15-;;/m1../s1. The number of hydrogen-bond acceptors (Lipinski definition) is 5. The smallest absolute Gasteiger partial charge is 0.164 e. The van der Waals surface area contributed by atoms with Gasteiger partial charge >= 0.3 is 0 Å². The molecule has 1 N–H and O–H groups in total. The zero-order valence-electron chi connectivity index (χ0n) is 15.2. The van der Waals surface area contributed by atoms with Crippen molar-refractivity contribution in [3.8, 4) is 17.2 Å². The monoisotopic (exact) mass is 392 g/mol. The Balaban J connectivity index is 0.00000288. The lowest BCUT2D eigenvalue weighted by Gasteiger charge is -2.36. The highest BCUT2D eigenvalue weighted by Gasteiger charge is 2.26. The van der Waals surface area contributed by atoms with Gasteiger partial charge in [-0.25, -0.2) is 0 Å². The quantitative estimate of drug-likeness (QED) is 0.686. The maximum atomic E-state index is 5.64. The van der Waals surface area contributed by atoms with E-state index in [0.29, 0.717) is 5.75 Å². The first-order valence-electron chi connectivity index (χ1n) is 8.10. The van der Waals surface area contributed by atoms with E-state index in [9.17, 15) is 0 Å². The Morgan fingerprint density at radius 3 is 2.12 bits per heavy atom. The normalized spacial score (nSPS) is 15.3. The average Bonchev–Trinajstić information content (AvgIpc) is 2.62. The molecular weight excluding hydrogens is 363 g/mol. The Hall–Kier alpha value is -1.14. The van der Waals surface area contributed by atoms with Crippen LogP contribution >= 0.6 is 24.8 Å². The van der Waals surface area contributed by atoms with Crippen LogP contribution in [-0.4, -0.2) is 52.4 Å². The van der Waals surface area contributed by atoms with Crippen molar-refractivity contribution < 1.29 is 14.2 Å². The molecule has 1 saturated heterocycles. The van der Waals surface area contributed by atoms with Crippen LogP contribution in [0.25, 0.3) is 0 Å². The first kappa shape index (κ1) is 23.9. The third-order valence-corrected chi connectivity index (χ3v) is 4.33. The highest BCUT2D eigenvalue weighted by molar-refractivity contribution is 5.85. The number of allylic oxidation sites excluding steroid dienone is 1. The van der Waals surface area contributed by atoms with Crippen molar-refractivity contribution in [1.82, 2.24) is 10.2 Å². The van der Waals surface area contributed by atoms with Gasteiger partial charge in [0.25, 0.3) is 0 Å². The molecule has 0 unspecified atom stereocenters. The second-order valence-corrected chi connectivity index (χ2v) is 5.62. The molecule has 1 heterocycles. The number of nitrogens with zero attached hydrogens (tertiary/aromatic N) is 1. The molecule has 1 aliphatic rings. The van der Waals surface area contributed by atoms with Crippen LogP contribution in [0.2, 0.25) is 0 Å². The Bertz CT molecular complexity index is 523. The van der Waals surface area contributed by atoms with Crippen molar-refractivity contribution in [3.05, 3.63) is 30.4 Å². The van der Waals surface area contributed by atoms with Gasteiger partial charge in [-0.2, -0.15) is 0 Å². The van der Waals surface area contributed by atoms with Gasteiger partial charge in [0, 0.05) is 43.9 Å². The van der Waals surface area contributed by atoms with Crippen LogP contribution in [0.1, 0.15) is 24.4 Å². The number of hydrogen-bond donors (Lipinski definition) is 1. The van der Waals surface area contributed by atoms with Crippen LogP contribution in [0, 0.1) is 0 Å². The zero-order valence-corrected chi connectivity index (χ0v) is 16.9. The molecule has 1 fully saturated rings. The van der Waals surface area contributed by atoms with Gasteiger partial charge in [-0.3, -0.25) is 4.90 Å².